The summed E-state index contributed by atoms with van der Waals surface area (Å²) in [5.74, 6) is -0.444. The van der Waals surface area contributed by atoms with Gasteiger partial charge in [-0.3, -0.25) is 9.10 Å². The first-order valence-corrected chi connectivity index (χ1v) is 11.3. The molecule has 0 saturated heterocycles. The Morgan fingerprint density at radius 1 is 0.857 bits per heavy atom. The van der Waals surface area contributed by atoms with Crippen molar-refractivity contribution in [3.63, 3.8) is 0 Å². The molecule has 0 aliphatic rings. The summed E-state index contributed by atoms with van der Waals surface area (Å²) in [6.07, 6.45) is 0. The molecule has 0 bridgehead atoms. The standard InChI is InChI=1S/C20H16Br2N2O3S/c21-15-9-11-18(12-10-15)24(28(26,27)19-7-2-1-3-8-19)14-20(25)23-17-6-4-5-16(22)13-17/h1-13H,14H2,(H,23,25). The summed E-state index contributed by atoms with van der Waals surface area (Å²) in [5, 5.41) is 2.73. The third-order valence-corrected chi connectivity index (χ3v) is 6.65. The van der Waals surface area contributed by atoms with Crippen molar-refractivity contribution in [2.45, 2.75) is 4.90 Å². The molecule has 5 nitrogen and oxygen atoms in total. The zero-order valence-corrected chi connectivity index (χ0v) is 18.5. The predicted octanol–water partition coefficient (Wildman–Crippen LogP) is 5.05. The van der Waals surface area contributed by atoms with Crippen molar-refractivity contribution in [1.82, 2.24) is 0 Å². The summed E-state index contributed by atoms with van der Waals surface area (Å²) in [6, 6.07) is 21.9. The van der Waals surface area contributed by atoms with Gasteiger partial charge in [-0.2, -0.15) is 0 Å². The fraction of sp³-hybridized carbons (Fsp3) is 0.0500. The van der Waals surface area contributed by atoms with E-state index in [1.54, 1.807) is 60.7 Å². The van der Waals surface area contributed by atoms with E-state index in [1.165, 1.54) is 12.1 Å². The summed E-state index contributed by atoms with van der Waals surface area (Å²) in [7, 11) is -3.91. The van der Waals surface area contributed by atoms with E-state index in [9.17, 15) is 13.2 Å². The first kappa shape index (κ1) is 20.6. The predicted molar refractivity (Wildman–Crippen MR) is 118 cm³/mol. The van der Waals surface area contributed by atoms with Crippen molar-refractivity contribution < 1.29 is 13.2 Å². The van der Waals surface area contributed by atoms with Crippen LogP contribution in [0.3, 0.4) is 0 Å². The average molecular weight is 524 g/mol. The number of nitrogens with zero attached hydrogens (tertiary/aromatic N) is 1. The van der Waals surface area contributed by atoms with Crippen LogP contribution in [-0.2, 0) is 14.8 Å². The molecular formula is C20H16Br2N2O3S. The highest BCUT2D eigenvalue weighted by Gasteiger charge is 2.27. The Hall–Kier alpha value is -2.16. The van der Waals surface area contributed by atoms with E-state index in [0.717, 1.165) is 13.3 Å². The number of amides is 1. The molecule has 0 atom stereocenters. The highest BCUT2D eigenvalue weighted by atomic mass is 79.9. The van der Waals surface area contributed by atoms with E-state index in [0.29, 0.717) is 11.4 Å². The average Bonchev–Trinajstić information content (AvgIpc) is 2.67. The minimum Gasteiger partial charge on any atom is -0.324 e. The van der Waals surface area contributed by atoms with Crippen LogP contribution < -0.4 is 9.62 Å². The largest absolute Gasteiger partial charge is 0.324 e. The molecule has 8 heteroatoms. The Bertz CT molecular complexity index is 1070. The molecule has 0 unspecified atom stereocenters. The second kappa shape index (κ2) is 8.89. The fourth-order valence-corrected chi connectivity index (χ4v) is 4.64. The molecule has 0 spiro atoms. The molecule has 0 heterocycles. The van der Waals surface area contributed by atoms with Gasteiger partial charge in [0.15, 0.2) is 0 Å². The van der Waals surface area contributed by atoms with Crippen LogP contribution in [-0.4, -0.2) is 20.9 Å². The van der Waals surface area contributed by atoms with Crippen molar-refractivity contribution in [2.75, 3.05) is 16.2 Å². The molecule has 0 radical (unpaired) electrons. The first-order chi connectivity index (χ1) is 13.4. The van der Waals surface area contributed by atoms with Gasteiger partial charge in [0.25, 0.3) is 10.0 Å². The third-order valence-electron chi connectivity index (χ3n) is 3.84. The number of benzene rings is 3. The minimum absolute atomic E-state index is 0.119. The lowest BCUT2D eigenvalue weighted by Gasteiger charge is -2.24. The number of sulfonamides is 1. The molecule has 0 fully saturated rings. The van der Waals surface area contributed by atoms with Gasteiger partial charge in [0.05, 0.1) is 10.6 Å². The molecule has 1 amide bonds. The molecule has 1 N–H and O–H groups in total. The molecule has 28 heavy (non-hydrogen) atoms. The number of rotatable bonds is 6. The van der Waals surface area contributed by atoms with Gasteiger partial charge in [0.2, 0.25) is 5.91 Å². The van der Waals surface area contributed by atoms with Crippen LogP contribution in [0.1, 0.15) is 0 Å². The van der Waals surface area contributed by atoms with E-state index in [4.69, 9.17) is 0 Å². The molecule has 3 aromatic carbocycles. The zero-order valence-electron chi connectivity index (χ0n) is 14.5. The van der Waals surface area contributed by atoms with Crippen LogP contribution in [0.25, 0.3) is 0 Å². The highest BCUT2D eigenvalue weighted by Crippen LogP contribution is 2.25. The van der Waals surface area contributed by atoms with Gasteiger partial charge in [0, 0.05) is 14.6 Å². The van der Waals surface area contributed by atoms with Crippen LogP contribution in [0.5, 0.6) is 0 Å². The second-order valence-electron chi connectivity index (χ2n) is 5.86. The summed E-state index contributed by atoms with van der Waals surface area (Å²) in [6.45, 7) is -0.356. The second-order valence-corrected chi connectivity index (χ2v) is 9.55. The summed E-state index contributed by atoms with van der Waals surface area (Å²) < 4.78 is 29.1. The molecule has 144 valence electrons. The minimum atomic E-state index is -3.91. The van der Waals surface area contributed by atoms with Gasteiger partial charge in [-0.25, -0.2) is 8.42 Å². The smallest absolute Gasteiger partial charge is 0.264 e. The topological polar surface area (TPSA) is 66.5 Å². The lowest BCUT2D eigenvalue weighted by Crippen LogP contribution is -2.38. The lowest BCUT2D eigenvalue weighted by atomic mass is 10.3. The Labute approximate surface area is 180 Å². The highest BCUT2D eigenvalue weighted by molar-refractivity contribution is 9.10. The van der Waals surface area contributed by atoms with E-state index >= 15 is 0 Å². The summed E-state index contributed by atoms with van der Waals surface area (Å²) in [4.78, 5) is 12.7. The molecule has 0 saturated carbocycles. The maximum atomic E-state index is 13.2. The van der Waals surface area contributed by atoms with Crippen LogP contribution in [0.2, 0.25) is 0 Å². The number of carbonyl (C=O) groups excluding carboxylic acids is 1. The van der Waals surface area contributed by atoms with Gasteiger partial charge in [-0.1, -0.05) is 56.1 Å². The Morgan fingerprint density at radius 3 is 2.18 bits per heavy atom. The maximum absolute atomic E-state index is 13.2. The number of hydrogen-bond acceptors (Lipinski definition) is 3. The lowest BCUT2D eigenvalue weighted by molar-refractivity contribution is -0.114. The SMILES string of the molecule is O=C(CN(c1ccc(Br)cc1)S(=O)(=O)c1ccccc1)Nc1cccc(Br)c1. The normalized spacial score (nSPS) is 11.1. The first-order valence-electron chi connectivity index (χ1n) is 8.25. The van der Waals surface area contributed by atoms with Crippen molar-refractivity contribution >= 4 is 59.2 Å². The fourth-order valence-electron chi connectivity index (χ4n) is 2.54. The number of nitrogens with one attached hydrogen (secondary N) is 1. The van der Waals surface area contributed by atoms with E-state index < -0.39 is 15.9 Å². The molecule has 0 aromatic heterocycles. The van der Waals surface area contributed by atoms with Crippen LogP contribution in [0.4, 0.5) is 11.4 Å². The van der Waals surface area contributed by atoms with Gasteiger partial charge in [-0.05, 0) is 54.6 Å². The molecule has 3 rings (SSSR count). The van der Waals surface area contributed by atoms with Gasteiger partial charge >= 0.3 is 0 Å². The summed E-state index contributed by atoms with van der Waals surface area (Å²) >= 11 is 6.69. The zero-order chi connectivity index (χ0) is 20.1. The van der Waals surface area contributed by atoms with E-state index in [-0.39, 0.29) is 11.4 Å². The van der Waals surface area contributed by atoms with E-state index in [1.807, 2.05) is 6.07 Å². The molecule has 0 aliphatic carbocycles. The van der Waals surface area contributed by atoms with Crippen LogP contribution >= 0.6 is 31.9 Å². The van der Waals surface area contributed by atoms with Gasteiger partial charge in [-0.15, -0.1) is 0 Å². The number of anilines is 2. The van der Waals surface area contributed by atoms with Crippen molar-refractivity contribution in [3.8, 4) is 0 Å². The quantitative estimate of drug-likeness (QED) is 0.492. The van der Waals surface area contributed by atoms with Crippen molar-refractivity contribution in [1.29, 1.82) is 0 Å². The maximum Gasteiger partial charge on any atom is 0.264 e. The van der Waals surface area contributed by atoms with Crippen LogP contribution in [0.15, 0.2) is 92.7 Å². The Morgan fingerprint density at radius 2 is 1.54 bits per heavy atom. The third kappa shape index (κ3) is 5.01. The van der Waals surface area contributed by atoms with E-state index in [2.05, 4.69) is 37.2 Å². The van der Waals surface area contributed by atoms with Gasteiger partial charge < -0.3 is 5.32 Å². The molecule has 0 aliphatic heterocycles. The Balaban J connectivity index is 1.92. The Kier molecular flexibility index (Phi) is 6.53. The monoisotopic (exact) mass is 522 g/mol. The van der Waals surface area contributed by atoms with Crippen LogP contribution in [0, 0.1) is 0 Å². The summed E-state index contributed by atoms with van der Waals surface area (Å²) in [5.41, 5.74) is 0.976. The van der Waals surface area contributed by atoms with Crippen molar-refractivity contribution in [3.05, 3.63) is 87.8 Å². The van der Waals surface area contributed by atoms with Crippen molar-refractivity contribution in [2.24, 2.45) is 0 Å². The molecular weight excluding hydrogens is 508 g/mol. The number of halogens is 2. The van der Waals surface area contributed by atoms with Gasteiger partial charge in [0.1, 0.15) is 6.54 Å². The number of carbonyl (C=O) groups is 1. The number of hydrogen-bond donors (Lipinski definition) is 1. The molecule has 3 aromatic rings.